The lowest BCUT2D eigenvalue weighted by Crippen LogP contribution is -2.24. The Hall–Kier alpha value is 0.310. The van der Waals surface area contributed by atoms with Gasteiger partial charge in [0.25, 0.3) is 0 Å². The Morgan fingerprint density at radius 2 is 1.91 bits per heavy atom. The maximum absolute atomic E-state index is 3.42. The van der Waals surface area contributed by atoms with E-state index in [9.17, 15) is 0 Å². The topological polar surface area (TPSA) is 12.0 Å². The van der Waals surface area contributed by atoms with Crippen LogP contribution in [0.1, 0.15) is 34.1 Å². The van der Waals surface area contributed by atoms with Crippen LogP contribution in [0.2, 0.25) is 0 Å². The van der Waals surface area contributed by atoms with Crippen LogP contribution in [0.15, 0.2) is 0 Å². The van der Waals surface area contributed by atoms with Crippen LogP contribution < -0.4 is 5.32 Å². The molecule has 11 heavy (non-hydrogen) atoms. The first-order valence-corrected chi connectivity index (χ1v) is 5.47. The van der Waals surface area contributed by atoms with E-state index in [1.54, 1.807) is 0 Å². The Morgan fingerprint density at radius 1 is 1.27 bits per heavy atom. The van der Waals surface area contributed by atoms with Gasteiger partial charge in [-0.25, -0.2) is 0 Å². The fourth-order valence-electron chi connectivity index (χ4n) is 0.995. The van der Waals surface area contributed by atoms with Gasteiger partial charge in [-0.05, 0) is 18.2 Å². The average molecular weight is 175 g/mol. The molecule has 0 aromatic carbocycles. The van der Waals surface area contributed by atoms with Crippen LogP contribution in [0.25, 0.3) is 0 Å². The predicted octanol–water partition coefficient (Wildman–Crippen LogP) is 2.52. The normalized spacial score (nSPS) is 13.9. The van der Waals surface area contributed by atoms with Crippen molar-refractivity contribution in [1.82, 2.24) is 5.32 Å². The molecule has 0 bridgehead atoms. The largest absolute Gasteiger partial charge is 0.316 e. The van der Waals surface area contributed by atoms with Gasteiger partial charge in [-0.1, -0.05) is 27.7 Å². The van der Waals surface area contributed by atoms with Crippen molar-refractivity contribution in [3.8, 4) is 0 Å². The molecule has 0 fully saturated rings. The molecule has 0 aliphatic rings. The third-order valence-corrected chi connectivity index (χ3v) is 2.54. The zero-order valence-electron chi connectivity index (χ0n) is 8.18. The van der Waals surface area contributed by atoms with Gasteiger partial charge in [0, 0.05) is 11.8 Å². The standard InChI is InChI=1S/C9H21NS/c1-5-6-10-7-9(4)11-8(2)3/h8-10H,5-7H2,1-4H3. The van der Waals surface area contributed by atoms with Gasteiger partial charge < -0.3 is 5.32 Å². The van der Waals surface area contributed by atoms with Gasteiger partial charge in [0.05, 0.1) is 0 Å². The zero-order valence-corrected chi connectivity index (χ0v) is 9.00. The molecule has 0 aromatic rings. The van der Waals surface area contributed by atoms with Gasteiger partial charge in [0.2, 0.25) is 0 Å². The Kier molecular flexibility index (Phi) is 7.18. The lowest BCUT2D eigenvalue weighted by molar-refractivity contribution is 0.668. The molecule has 0 rings (SSSR count). The highest BCUT2D eigenvalue weighted by molar-refractivity contribution is 8.00. The van der Waals surface area contributed by atoms with E-state index < -0.39 is 0 Å². The van der Waals surface area contributed by atoms with Gasteiger partial charge >= 0.3 is 0 Å². The summed E-state index contributed by atoms with van der Waals surface area (Å²) in [6.45, 7) is 11.3. The second kappa shape index (κ2) is 6.99. The summed E-state index contributed by atoms with van der Waals surface area (Å²) in [4.78, 5) is 0. The molecule has 0 spiro atoms. The van der Waals surface area contributed by atoms with Crippen LogP contribution in [0.3, 0.4) is 0 Å². The van der Waals surface area contributed by atoms with E-state index >= 15 is 0 Å². The van der Waals surface area contributed by atoms with Gasteiger partial charge in [-0.3, -0.25) is 0 Å². The highest BCUT2D eigenvalue weighted by Crippen LogP contribution is 2.15. The summed E-state index contributed by atoms with van der Waals surface area (Å²) in [5.74, 6) is 0. The van der Waals surface area contributed by atoms with Crippen molar-refractivity contribution in [3.63, 3.8) is 0 Å². The molecule has 1 N–H and O–H groups in total. The predicted molar refractivity (Wildman–Crippen MR) is 55.3 cm³/mol. The van der Waals surface area contributed by atoms with Crippen LogP contribution in [0.4, 0.5) is 0 Å². The van der Waals surface area contributed by atoms with E-state index in [-0.39, 0.29) is 0 Å². The fourth-order valence-corrected chi connectivity index (χ4v) is 2.14. The van der Waals surface area contributed by atoms with Crippen molar-refractivity contribution in [2.45, 2.75) is 44.6 Å². The first-order chi connectivity index (χ1) is 5.16. The van der Waals surface area contributed by atoms with E-state index in [0.29, 0.717) is 0 Å². The maximum Gasteiger partial charge on any atom is 0.0146 e. The molecule has 68 valence electrons. The molecule has 0 amide bonds. The van der Waals surface area contributed by atoms with Crippen LogP contribution in [-0.4, -0.2) is 23.6 Å². The Balaban J connectivity index is 3.15. The van der Waals surface area contributed by atoms with Crippen molar-refractivity contribution >= 4 is 11.8 Å². The van der Waals surface area contributed by atoms with E-state index in [0.717, 1.165) is 23.6 Å². The number of nitrogens with one attached hydrogen (secondary N) is 1. The fraction of sp³-hybridized carbons (Fsp3) is 1.00. The summed E-state index contributed by atoms with van der Waals surface area (Å²) in [7, 11) is 0. The first kappa shape index (κ1) is 11.3. The molecule has 1 atom stereocenters. The zero-order chi connectivity index (χ0) is 8.69. The third-order valence-electron chi connectivity index (χ3n) is 1.36. The summed E-state index contributed by atoms with van der Waals surface area (Å²) in [6.07, 6.45) is 1.24. The van der Waals surface area contributed by atoms with Crippen LogP contribution >= 0.6 is 11.8 Å². The Labute approximate surface area is 75.3 Å². The molecule has 0 aliphatic carbocycles. The number of hydrogen-bond donors (Lipinski definition) is 1. The molecule has 1 nitrogen and oxygen atoms in total. The summed E-state index contributed by atoms with van der Waals surface area (Å²) in [6, 6.07) is 0. The summed E-state index contributed by atoms with van der Waals surface area (Å²) in [5, 5.41) is 4.93. The smallest absolute Gasteiger partial charge is 0.0146 e. The van der Waals surface area contributed by atoms with E-state index in [1.807, 2.05) is 11.8 Å². The van der Waals surface area contributed by atoms with Crippen molar-refractivity contribution in [3.05, 3.63) is 0 Å². The molecule has 2 heteroatoms. The number of rotatable bonds is 6. The Bertz CT molecular complexity index is 83.6. The second-order valence-electron chi connectivity index (χ2n) is 3.20. The molecule has 0 heterocycles. The van der Waals surface area contributed by atoms with Crippen molar-refractivity contribution < 1.29 is 0 Å². The molecular formula is C9H21NS. The number of hydrogen-bond acceptors (Lipinski definition) is 2. The minimum atomic E-state index is 0.751. The lowest BCUT2D eigenvalue weighted by atomic mass is 10.4. The van der Waals surface area contributed by atoms with E-state index in [4.69, 9.17) is 0 Å². The maximum atomic E-state index is 3.42. The van der Waals surface area contributed by atoms with E-state index in [2.05, 4.69) is 33.0 Å². The highest BCUT2D eigenvalue weighted by Gasteiger charge is 2.03. The van der Waals surface area contributed by atoms with Gasteiger partial charge in [0.1, 0.15) is 0 Å². The monoisotopic (exact) mass is 175 g/mol. The van der Waals surface area contributed by atoms with Crippen LogP contribution in [0, 0.1) is 0 Å². The second-order valence-corrected chi connectivity index (χ2v) is 5.22. The minimum Gasteiger partial charge on any atom is -0.316 e. The van der Waals surface area contributed by atoms with Gasteiger partial charge in [-0.2, -0.15) is 11.8 Å². The van der Waals surface area contributed by atoms with Crippen LogP contribution in [0.5, 0.6) is 0 Å². The average Bonchev–Trinajstić information content (AvgIpc) is 1.86. The molecular weight excluding hydrogens is 154 g/mol. The molecule has 0 aromatic heterocycles. The summed E-state index contributed by atoms with van der Waals surface area (Å²) >= 11 is 2.04. The SMILES string of the molecule is CCCNCC(C)SC(C)C. The third kappa shape index (κ3) is 8.21. The molecule has 0 aliphatic heterocycles. The first-order valence-electron chi connectivity index (χ1n) is 4.53. The van der Waals surface area contributed by atoms with E-state index in [1.165, 1.54) is 6.42 Å². The molecule has 0 saturated heterocycles. The summed E-state index contributed by atoms with van der Waals surface area (Å²) in [5.41, 5.74) is 0. The van der Waals surface area contributed by atoms with Crippen LogP contribution in [-0.2, 0) is 0 Å². The summed E-state index contributed by atoms with van der Waals surface area (Å²) < 4.78 is 0. The van der Waals surface area contributed by atoms with Gasteiger partial charge in [0.15, 0.2) is 0 Å². The Morgan fingerprint density at radius 3 is 2.36 bits per heavy atom. The quantitative estimate of drug-likeness (QED) is 0.623. The lowest BCUT2D eigenvalue weighted by Gasteiger charge is -2.13. The van der Waals surface area contributed by atoms with Crippen molar-refractivity contribution in [2.24, 2.45) is 0 Å². The van der Waals surface area contributed by atoms with Crippen molar-refractivity contribution in [1.29, 1.82) is 0 Å². The van der Waals surface area contributed by atoms with Gasteiger partial charge in [-0.15, -0.1) is 0 Å². The molecule has 0 radical (unpaired) electrons. The number of thioether (sulfide) groups is 1. The highest BCUT2D eigenvalue weighted by atomic mass is 32.2. The van der Waals surface area contributed by atoms with Crippen molar-refractivity contribution in [2.75, 3.05) is 13.1 Å². The molecule has 1 unspecified atom stereocenters. The minimum absolute atomic E-state index is 0.751. The molecule has 0 saturated carbocycles.